The summed E-state index contributed by atoms with van der Waals surface area (Å²) in [7, 11) is -3.76. The summed E-state index contributed by atoms with van der Waals surface area (Å²) in [6, 6.07) is 11.0. The highest BCUT2D eigenvalue weighted by Crippen LogP contribution is 2.25. The Labute approximate surface area is 199 Å². The van der Waals surface area contributed by atoms with E-state index in [9.17, 15) is 18.0 Å². The number of carbonyl (C=O) groups is 2. The third-order valence-electron chi connectivity index (χ3n) is 4.92. The summed E-state index contributed by atoms with van der Waals surface area (Å²) in [5.74, 6) is -0.869. The molecule has 0 aliphatic carbocycles. The van der Waals surface area contributed by atoms with Crippen LogP contribution in [-0.2, 0) is 26.2 Å². The summed E-state index contributed by atoms with van der Waals surface area (Å²) in [4.78, 5) is 27.2. The van der Waals surface area contributed by atoms with E-state index in [1.165, 1.54) is 4.90 Å². The third-order valence-corrected chi connectivity index (χ3v) is 6.78. The molecule has 0 spiro atoms. The van der Waals surface area contributed by atoms with E-state index in [1.54, 1.807) is 63.2 Å². The van der Waals surface area contributed by atoms with Gasteiger partial charge in [-0.3, -0.25) is 13.9 Å². The Morgan fingerprint density at radius 2 is 1.75 bits per heavy atom. The van der Waals surface area contributed by atoms with Crippen LogP contribution in [0.1, 0.15) is 25.0 Å². The molecular weight excluding hydrogens is 473 g/mol. The molecule has 2 amide bonds. The van der Waals surface area contributed by atoms with Crippen LogP contribution in [0.2, 0.25) is 10.0 Å². The van der Waals surface area contributed by atoms with Crippen LogP contribution in [-0.4, -0.2) is 50.5 Å². The maximum atomic E-state index is 13.4. The lowest BCUT2D eigenvalue weighted by molar-refractivity contribution is -0.139. The van der Waals surface area contributed by atoms with Crippen LogP contribution in [0, 0.1) is 6.92 Å². The fraction of sp³-hybridized carbons (Fsp3) is 0.364. The van der Waals surface area contributed by atoms with E-state index in [2.05, 4.69) is 5.32 Å². The number of rotatable bonds is 9. The van der Waals surface area contributed by atoms with Gasteiger partial charge in [-0.25, -0.2) is 8.42 Å². The molecule has 2 aromatic rings. The number of para-hydroxylation sites is 1. The van der Waals surface area contributed by atoms with Gasteiger partial charge in [0.25, 0.3) is 0 Å². The van der Waals surface area contributed by atoms with Crippen LogP contribution in [0.5, 0.6) is 0 Å². The van der Waals surface area contributed by atoms with E-state index >= 15 is 0 Å². The van der Waals surface area contributed by atoms with Crippen LogP contribution >= 0.6 is 23.2 Å². The number of hydrogen-bond donors (Lipinski definition) is 1. The Bertz CT molecular complexity index is 1090. The number of carbonyl (C=O) groups excluding carboxylic acids is 2. The van der Waals surface area contributed by atoms with Gasteiger partial charge in [-0.15, -0.1) is 0 Å². The van der Waals surface area contributed by atoms with Crippen molar-refractivity contribution < 1.29 is 18.0 Å². The van der Waals surface area contributed by atoms with E-state index in [-0.39, 0.29) is 12.5 Å². The molecule has 2 aromatic carbocycles. The van der Waals surface area contributed by atoms with E-state index in [0.29, 0.717) is 33.4 Å². The average Bonchev–Trinajstić information content (AvgIpc) is 2.72. The summed E-state index contributed by atoms with van der Waals surface area (Å²) < 4.78 is 26.1. The Hall–Kier alpha value is -2.29. The van der Waals surface area contributed by atoms with Gasteiger partial charge in [-0.2, -0.15) is 0 Å². The zero-order valence-electron chi connectivity index (χ0n) is 18.4. The fourth-order valence-electron chi connectivity index (χ4n) is 3.18. The molecule has 7 nitrogen and oxygen atoms in total. The Morgan fingerprint density at radius 3 is 2.31 bits per heavy atom. The zero-order valence-corrected chi connectivity index (χ0v) is 20.8. The van der Waals surface area contributed by atoms with Gasteiger partial charge in [-0.1, -0.05) is 47.5 Å². The lowest BCUT2D eigenvalue weighted by atomic mass is 10.1. The van der Waals surface area contributed by atoms with Gasteiger partial charge in [0.15, 0.2) is 0 Å². The molecule has 1 atom stereocenters. The number of halogens is 2. The largest absolute Gasteiger partial charge is 0.355 e. The number of likely N-dealkylation sites (N-methyl/N-ethyl adjacent to an activating group) is 1. The van der Waals surface area contributed by atoms with Crippen molar-refractivity contribution in [2.75, 3.05) is 23.7 Å². The number of hydrogen-bond acceptors (Lipinski definition) is 4. The third kappa shape index (κ3) is 6.60. The first-order valence-electron chi connectivity index (χ1n) is 10.00. The number of benzene rings is 2. The maximum absolute atomic E-state index is 13.4. The minimum Gasteiger partial charge on any atom is -0.355 e. The number of anilines is 1. The smallest absolute Gasteiger partial charge is 0.244 e. The minimum absolute atomic E-state index is 0.0550. The molecule has 10 heteroatoms. The van der Waals surface area contributed by atoms with Gasteiger partial charge in [0.2, 0.25) is 21.8 Å². The predicted molar refractivity (Wildman–Crippen MR) is 129 cm³/mol. The second-order valence-corrected chi connectivity index (χ2v) is 10.1. The Morgan fingerprint density at radius 1 is 1.09 bits per heavy atom. The molecule has 0 aromatic heterocycles. The summed E-state index contributed by atoms with van der Waals surface area (Å²) in [5.41, 5.74) is 1.77. The van der Waals surface area contributed by atoms with E-state index in [0.717, 1.165) is 10.6 Å². The first-order valence-corrected chi connectivity index (χ1v) is 12.6. The quantitative estimate of drug-likeness (QED) is 0.570. The molecule has 0 saturated carbocycles. The van der Waals surface area contributed by atoms with Crippen LogP contribution in [0.4, 0.5) is 5.69 Å². The number of nitrogens with zero attached hydrogens (tertiary/aromatic N) is 2. The summed E-state index contributed by atoms with van der Waals surface area (Å²) in [5, 5.41) is 3.39. The van der Waals surface area contributed by atoms with E-state index in [4.69, 9.17) is 23.2 Å². The SMILES string of the molecule is CCNC(=O)C(C)N(Cc1ccc(Cl)c(Cl)c1)C(=O)CN(c1ccccc1C)S(C)(=O)=O. The number of aryl methyl sites for hydroxylation is 1. The molecule has 0 bridgehead atoms. The lowest BCUT2D eigenvalue weighted by Crippen LogP contribution is -2.51. The average molecular weight is 500 g/mol. The van der Waals surface area contributed by atoms with Crippen molar-refractivity contribution in [1.82, 2.24) is 10.2 Å². The Kier molecular flexibility index (Phi) is 8.95. The van der Waals surface area contributed by atoms with Crippen molar-refractivity contribution in [2.45, 2.75) is 33.4 Å². The molecule has 0 heterocycles. The predicted octanol–water partition coefficient (Wildman–Crippen LogP) is 3.62. The first kappa shape index (κ1) is 26.0. The normalized spacial score (nSPS) is 12.2. The first-order chi connectivity index (χ1) is 15.0. The summed E-state index contributed by atoms with van der Waals surface area (Å²) >= 11 is 12.1. The van der Waals surface area contributed by atoms with Crippen molar-refractivity contribution in [1.29, 1.82) is 0 Å². The van der Waals surface area contributed by atoms with E-state index in [1.807, 2.05) is 0 Å². The van der Waals surface area contributed by atoms with Crippen LogP contribution in [0.25, 0.3) is 0 Å². The molecule has 174 valence electrons. The monoisotopic (exact) mass is 499 g/mol. The van der Waals surface area contributed by atoms with Gasteiger partial charge in [0, 0.05) is 13.1 Å². The molecule has 0 aliphatic rings. The van der Waals surface area contributed by atoms with Crippen molar-refractivity contribution >= 4 is 50.7 Å². The number of sulfonamides is 1. The van der Waals surface area contributed by atoms with Gasteiger partial charge in [0.1, 0.15) is 12.6 Å². The number of nitrogens with one attached hydrogen (secondary N) is 1. The highest BCUT2D eigenvalue weighted by atomic mass is 35.5. The highest BCUT2D eigenvalue weighted by molar-refractivity contribution is 7.92. The zero-order chi connectivity index (χ0) is 24.1. The van der Waals surface area contributed by atoms with Crippen LogP contribution in [0.3, 0.4) is 0 Å². The highest BCUT2D eigenvalue weighted by Gasteiger charge is 2.30. The Balaban J connectivity index is 2.41. The van der Waals surface area contributed by atoms with Crippen molar-refractivity contribution in [2.24, 2.45) is 0 Å². The fourth-order valence-corrected chi connectivity index (χ4v) is 4.41. The van der Waals surface area contributed by atoms with Gasteiger partial charge in [-0.05, 0) is 50.1 Å². The second kappa shape index (κ2) is 11.0. The van der Waals surface area contributed by atoms with Gasteiger partial charge >= 0.3 is 0 Å². The topological polar surface area (TPSA) is 86.8 Å². The standard InChI is InChI=1S/C22H27Cl2N3O4S/c1-5-25-22(29)16(3)26(13-17-10-11-18(23)19(24)12-17)21(28)14-27(32(4,30)31)20-9-7-6-8-15(20)2/h6-12,16H,5,13-14H2,1-4H3,(H,25,29). The van der Waals surface area contributed by atoms with Gasteiger partial charge in [0.05, 0.1) is 22.0 Å². The molecule has 1 N–H and O–H groups in total. The van der Waals surface area contributed by atoms with Crippen LogP contribution < -0.4 is 9.62 Å². The molecule has 1 unspecified atom stereocenters. The molecule has 0 radical (unpaired) electrons. The number of amides is 2. The lowest BCUT2D eigenvalue weighted by Gasteiger charge is -2.31. The molecule has 2 rings (SSSR count). The molecular formula is C22H27Cl2N3O4S. The maximum Gasteiger partial charge on any atom is 0.244 e. The van der Waals surface area contributed by atoms with E-state index < -0.39 is 28.5 Å². The van der Waals surface area contributed by atoms with Crippen molar-refractivity contribution in [3.8, 4) is 0 Å². The van der Waals surface area contributed by atoms with Crippen LogP contribution in [0.15, 0.2) is 42.5 Å². The summed E-state index contributed by atoms with van der Waals surface area (Å²) in [6.45, 7) is 5.14. The second-order valence-electron chi connectivity index (χ2n) is 7.40. The molecule has 0 fully saturated rings. The van der Waals surface area contributed by atoms with Crippen molar-refractivity contribution in [3.63, 3.8) is 0 Å². The minimum atomic E-state index is -3.76. The van der Waals surface area contributed by atoms with Gasteiger partial charge < -0.3 is 10.2 Å². The summed E-state index contributed by atoms with van der Waals surface area (Å²) in [6.07, 6.45) is 1.04. The molecule has 0 aliphatic heterocycles. The molecule has 32 heavy (non-hydrogen) atoms. The molecule has 0 saturated heterocycles. The van der Waals surface area contributed by atoms with Crippen molar-refractivity contribution in [3.05, 3.63) is 63.6 Å².